The summed E-state index contributed by atoms with van der Waals surface area (Å²) in [5.41, 5.74) is 14.5. The normalized spacial score (nSPS) is 15.2. The third-order valence-corrected chi connectivity index (χ3v) is 14.9. The van der Waals surface area contributed by atoms with E-state index in [1.165, 1.54) is 11.1 Å². The number of fused-ring (bicyclic) bond motifs is 4. The molecule has 0 saturated carbocycles. The first-order chi connectivity index (χ1) is 31.0. The zero-order chi connectivity index (χ0) is 47.1. The van der Waals surface area contributed by atoms with Gasteiger partial charge in [-0.3, -0.25) is 0 Å². The van der Waals surface area contributed by atoms with Crippen LogP contribution in [0.3, 0.4) is 0 Å². The lowest BCUT2D eigenvalue weighted by molar-refractivity contribution is 0.365. The lowest BCUT2D eigenvalue weighted by atomic mass is 9.78. The fourth-order valence-electron chi connectivity index (χ4n) is 9.49. The average molecular weight is 921 g/mol. The minimum absolute atomic E-state index is 0.207. The van der Waals surface area contributed by atoms with Crippen molar-refractivity contribution in [1.82, 2.24) is 0 Å². The Bertz CT molecular complexity index is 2480. The average Bonchev–Trinajstić information content (AvgIpc) is 3.19. The van der Waals surface area contributed by atoms with Crippen molar-refractivity contribution in [2.24, 2.45) is 0 Å². The number of aryl methyl sites for hydroxylation is 2. The molecule has 8 heteroatoms. The molecule has 0 atom stereocenters. The quantitative estimate of drug-likeness (QED) is 0.164. The molecule has 66 heavy (non-hydrogen) atoms. The van der Waals surface area contributed by atoms with Crippen molar-refractivity contribution in [3.8, 4) is 34.5 Å². The van der Waals surface area contributed by atoms with E-state index >= 15 is 0 Å². The van der Waals surface area contributed by atoms with Crippen LogP contribution in [0, 0.1) is 13.8 Å². The zero-order valence-electron chi connectivity index (χ0n) is 41.4. The maximum atomic E-state index is 7.30. The summed E-state index contributed by atoms with van der Waals surface area (Å²) in [5.74, 6) is 4.78. The summed E-state index contributed by atoms with van der Waals surface area (Å²) in [7, 11) is -4.05. The van der Waals surface area contributed by atoms with Gasteiger partial charge in [-0.2, -0.15) is 0 Å². The van der Waals surface area contributed by atoms with Gasteiger partial charge in [-0.1, -0.05) is 191 Å². The van der Waals surface area contributed by atoms with Crippen molar-refractivity contribution in [1.29, 1.82) is 0 Å². The molecule has 344 valence electrons. The minimum atomic E-state index is -2.03. The van der Waals surface area contributed by atoms with Crippen LogP contribution in [0.1, 0.15) is 161 Å². The molecule has 11 rings (SSSR count). The summed E-state index contributed by atoms with van der Waals surface area (Å²) < 4.78 is 43.6. The lowest BCUT2D eigenvalue weighted by Gasteiger charge is -2.33. The second-order valence-electron chi connectivity index (χ2n) is 22.7. The van der Waals surface area contributed by atoms with Crippen LogP contribution < -0.4 is 27.1 Å². The summed E-state index contributed by atoms with van der Waals surface area (Å²) in [6.07, 6.45) is 2.34. The Morgan fingerprint density at radius 1 is 0.348 bits per heavy atom. The number of benzene rings is 6. The van der Waals surface area contributed by atoms with Crippen LogP contribution in [0.5, 0.6) is 34.5 Å². The smallest absolute Gasteiger partial charge is 0.408 e. The van der Waals surface area contributed by atoms with E-state index in [1.807, 2.05) is 0 Å². The van der Waals surface area contributed by atoms with Crippen molar-refractivity contribution < 1.29 is 27.1 Å². The van der Waals surface area contributed by atoms with Gasteiger partial charge >= 0.3 is 17.2 Å². The molecule has 1 aliphatic carbocycles. The summed E-state index contributed by atoms with van der Waals surface area (Å²) in [5, 5.41) is 0. The highest BCUT2D eigenvalue weighted by molar-refractivity contribution is 7.43. The Hall–Kier alpha value is -5.02. The molecule has 0 aromatic heterocycles. The van der Waals surface area contributed by atoms with Gasteiger partial charge in [0, 0.05) is 47.9 Å². The molecule has 4 aliphatic heterocycles. The summed E-state index contributed by atoms with van der Waals surface area (Å²) in [4.78, 5) is 0. The van der Waals surface area contributed by atoms with Crippen LogP contribution in [0.15, 0.2) is 97.1 Å². The van der Waals surface area contributed by atoms with Gasteiger partial charge < -0.3 is 27.1 Å². The number of rotatable bonds is 4. The number of para-hydroxylation sites is 4. The second-order valence-corrected chi connectivity index (χ2v) is 24.7. The van der Waals surface area contributed by atoms with E-state index in [0.717, 1.165) is 101 Å². The zero-order valence-corrected chi connectivity index (χ0v) is 43.2. The third-order valence-electron chi connectivity index (χ3n) is 12.9. The van der Waals surface area contributed by atoms with Crippen LogP contribution in [0.2, 0.25) is 0 Å². The van der Waals surface area contributed by atoms with Gasteiger partial charge in [0.15, 0.2) is 0 Å². The number of hydrogen-bond acceptors (Lipinski definition) is 6. The minimum Gasteiger partial charge on any atom is -0.408 e. The van der Waals surface area contributed by atoms with Gasteiger partial charge in [0.25, 0.3) is 0 Å². The fraction of sp³-hybridized carbons (Fsp3) is 0.379. The molecule has 6 nitrogen and oxygen atoms in total. The van der Waals surface area contributed by atoms with Gasteiger partial charge in [-0.15, -0.1) is 0 Å². The number of hydrogen-bond donors (Lipinski definition) is 0. The van der Waals surface area contributed by atoms with E-state index in [2.05, 4.69) is 194 Å². The van der Waals surface area contributed by atoms with Crippen LogP contribution in [0.4, 0.5) is 0 Å². The molecule has 0 fully saturated rings. The monoisotopic (exact) mass is 920 g/mol. The Labute approximate surface area is 396 Å². The molecule has 0 saturated heterocycles. The van der Waals surface area contributed by atoms with Gasteiger partial charge in [0.2, 0.25) is 0 Å². The van der Waals surface area contributed by atoms with Crippen LogP contribution in [-0.2, 0) is 47.3 Å². The molecule has 0 N–H and O–H groups in total. The van der Waals surface area contributed by atoms with Crippen LogP contribution in [0.25, 0.3) is 0 Å². The predicted molar refractivity (Wildman–Crippen MR) is 272 cm³/mol. The molecule has 0 radical (unpaired) electrons. The Morgan fingerprint density at radius 2 is 0.545 bits per heavy atom. The van der Waals surface area contributed by atoms with Crippen molar-refractivity contribution >= 4 is 17.2 Å². The predicted octanol–water partition coefficient (Wildman–Crippen LogP) is 16.3. The van der Waals surface area contributed by atoms with Crippen LogP contribution >= 0.6 is 17.2 Å². The SMILES string of the molecule is Cc1cc(C(C)(C)C)c(OP2Oc3c4cccc3Cc3cccc5c3OP(Oc3c(C(C)(C)C)cc(C)cc3C(C)(C)C)Oc3c(cccc3Cc3cccc(c3O2)C4)C5)c(C(C)(C)C)c1. The summed E-state index contributed by atoms with van der Waals surface area (Å²) in [6.45, 7) is 31.3. The van der Waals surface area contributed by atoms with E-state index in [9.17, 15) is 0 Å². The van der Waals surface area contributed by atoms with Crippen molar-refractivity contribution in [2.75, 3.05) is 0 Å². The molecule has 0 unspecified atom stereocenters. The Balaban J connectivity index is 1.26. The second kappa shape index (κ2) is 16.9. The van der Waals surface area contributed by atoms with Gasteiger partial charge in [-0.25, -0.2) is 0 Å². The first-order valence-corrected chi connectivity index (χ1v) is 25.6. The highest BCUT2D eigenvalue weighted by Crippen LogP contribution is 2.56. The molecule has 0 amide bonds. The molecule has 12 bridgehead atoms. The molecule has 5 aliphatic rings. The molecule has 6 aromatic carbocycles. The van der Waals surface area contributed by atoms with E-state index in [4.69, 9.17) is 27.1 Å². The van der Waals surface area contributed by atoms with Crippen LogP contribution in [-0.4, -0.2) is 0 Å². The molecule has 6 aromatic rings. The first kappa shape index (κ1) is 46.1. The summed E-state index contributed by atoms with van der Waals surface area (Å²) in [6, 6.07) is 35.0. The topological polar surface area (TPSA) is 55.4 Å². The molecule has 4 heterocycles. The molecular formula is C58H66O6P2. The van der Waals surface area contributed by atoms with Gasteiger partial charge in [-0.05, 0) is 80.0 Å². The van der Waals surface area contributed by atoms with E-state index < -0.39 is 17.2 Å². The standard InChI is InChI=1S/C58H66O6P2/c1-35-27-45(55(3,4)5)53(46(28-35)56(6,7)8)63-65-59-49-37-19-15-23-41(49)33-43-25-17-21-39-32-40-22-18-26-44(34-42-24-16-20-38(31-37)50(42)60-65)52(40)62-66(61-51(39)43)64-54-47(57(9,10)11)29-36(2)30-48(54)58(12,13)14/h15-30H,31-34H2,1-14H3. The van der Waals surface area contributed by atoms with E-state index in [0.29, 0.717) is 25.7 Å². The van der Waals surface area contributed by atoms with E-state index in [1.54, 1.807) is 0 Å². The van der Waals surface area contributed by atoms with Crippen molar-refractivity contribution in [3.63, 3.8) is 0 Å². The lowest BCUT2D eigenvalue weighted by Crippen LogP contribution is -2.21. The summed E-state index contributed by atoms with van der Waals surface area (Å²) >= 11 is 0. The molecular weight excluding hydrogens is 855 g/mol. The highest BCUT2D eigenvalue weighted by Gasteiger charge is 2.38. The Morgan fingerprint density at radius 3 is 0.727 bits per heavy atom. The fourth-order valence-corrected chi connectivity index (χ4v) is 11.9. The first-order valence-electron chi connectivity index (χ1n) is 23.4. The van der Waals surface area contributed by atoms with Gasteiger partial charge in [0.05, 0.1) is 0 Å². The Kier molecular flexibility index (Phi) is 11.8. The maximum absolute atomic E-state index is 7.30. The third kappa shape index (κ3) is 9.18. The van der Waals surface area contributed by atoms with Crippen molar-refractivity contribution in [3.05, 3.63) is 175 Å². The molecule has 0 spiro atoms. The maximum Gasteiger partial charge on any atom is 0.530 e. The van der Waals surface area contributed by atoms with E-state index in [-0.39, 0.29) is 21.7 Å². The highest BCUT2D eigenvalue weighted by atomic mass is 31.2. The van der Waals surface area contributed by atoms with Gasteiger partial charge in [0.1, 0.15) is 34.5 Å². The van der Waals surface area contributed by atoms with Crippen molar-refractivity contribution in [2.45, 2.75) is 144 Å². The largest absolute Gasteiger partial charge is 0.530 e.